The minimum absolute atomic E-state index is 0.674. The minimum atomic E-state index is -4.63. The number of rotatable bonds is 4. The SMILES string of the molecule is C=CC(=O)OCC(=O)OC(C)C(F)(F)F. The van der Waals surface area contributed by atoms with Crippen molar-refractivity contribution < 1.29 is 32.2 Å². The number of halogens is 3. The molecule has 4 nitrogen and oxygen atoms in total. The Balaban J connectivity index is 3.94. The number of esters is 2. The first-order valence-electron chi connectivity index (χ1n) is 3.82. The third kappa shape index (κ3) is 5.71. The van der Waals surface area contributed by atoms with Crippen LogP contribution in [0.2, 0.25) is 0 Å². The zero-order valence-corrected chi connectivity index (χ0v) is 7.84. The summed E-state index contributed by atoms with van der Waals surface area (Å²) in [4.78, 5) is 21.1. The highest BCUT2D eigenvalue weighted by Crippen LogP contribution is 2.22. The molecule has 15 heavy (non-hydrogen) atoms. The Morgan fingerprint density at radius 1 is 1.47 bits per heavy atom. The molecule has 0 bridgehead atoms. The number of carbonyl (C=O) groups excluding carboxylic acids is 2. The average Bonchev–Trinajstić information content (AvgIpc) is 2.12. The first-order chi connectivity index (χ1) is 6.77. The van der Waals surface area contributed by atoms with Crippen molar-refractivity contribution >= 4 is 11.9 Å². The maximum Gasteiger partial charge on any atom is 0.425 e. The first kappa shape index (κ1) is 13.5. The van der Waals surface area contributed by atoms with Crippen molar-refractivity contribution in [3.63, 3.8) is 0 Å². The lowest BCUT2D eigenvalue weighted by Gasteiger charge is -2.15. The van der Waals surface area contributed by atoms with Gasteiger partial charge in [0.25, 0.3) is 0 Å². The quantitative estimate of drug-likeness (QED) is 0.534. The summed E-state index contributed by atoms with van der Waals surface area (Å²) in [5.41, 5.74) is 0. The van der Waals surface area contributed by atoms with Gasteiger partial charge in [-0.05, 0) is 6.92 Å². The van der Waals surface area contributed by atoms with E-state index < -0.39 is 30.8 Å². The lowest BCUT2D eigenvalue weighted by Crippen LogP contribution is -2.32. The Morgan fingerprint density at radius 2 is 2.00 bits per heavy atom. The number of carbonyl (C=O) groups is 2. The molecular weight excluding hydrogens is 217 g/mol. The second-order valence-corrected chi connectivity index (χ2v) is 2.49. The molecular formula is C8H9F3O4. The van der Waals surface area contributed by atoms with E-state index in [1.807, 2.05) is 0 Å². The van der Waals surface area contributed by atoms with Gasteiger partial charge in [0, 0.05) is 6.08 Å². The summed E-state index contributed by atoms with van der Waals surface area (Å²) < 4.78 is 43.7. The summed E-state index contributed by atoms with van der Waals surface area (Å²) in [6.45, 7) is 2.84. The van der Waals surface area contributed by atoms with Gasteiger partial charge in [-0.15, -0.1) is 0 Å². The van der Waals surface area contributed by atoms with Crippen LogP contribution in [-0.2, 0) is 19.1 Å². The van der Waals surface area contributed by atoms with Gasteiger partial charge < -0.3 is 9.47 Å². The fourth-order valence-corrected chi connectivity index (χ4v) is 0.487. The predicted octanol–water partition coefficient (Wildman–Crippen LogP) is 1.21. The normalized spacial score (nSPS) is 12.8. The molecule has 0 aromatic heterocycles. The van der Waals surface area contributed by atoms with Crippen molar-refractivity contribution in [1.29, 1.82) is 0 Å². The topological polar surface area (TPSA) is 52.6 Å². The maximum absolute atomic E-state index is 11.9. The molecule has 86 valence electrons. The highest BCUT2D eigenvalue weighted by Gasteiger charge is 2.39. The van der Waals surface area contributed by atoms with Gasteiger partial charge in [0.2, 0.25) is 0 Å². The van der Waals surface area contributed by atoms with Crippen molar-refractivity contribution in [1.82, 2.24) is 0 Å². The van der Waals surface area contributed by atoms with Crippen molar-refractivity contribution in [2.24, 2.45) is 0 Å². The molecule has 0 aliphatic carbocycles. The van der Waals surface area contributed by atoms with Crippen molar-refractivity contribution in [2.45, 2.75) is 19.2 Å². The second kappa shape index (κ2) is 5.38. The van der Waals surface area contributed by atoms with E-state index in [9.17, 15) is 22.8 Å². The standard InChI is InChI=1S/C8H9F3O4/c1-3-6(12)14-4-7(13)15-5(2)8(9,10)11/h3,5H,1,4H2,2H3. The summed E-state index contributed by atoms with van der Waals surface area (Å²) in [5, 5.41) is 0. The maximum atomic E-state index is 11.9. The van der Waals surface area contributed by atoms with Gasteiger partial charge in [-0.25, -0.2) is 9.59 Å². The third-order valence-corrected chi connectivity index (χ3v) is 1.27. The van der Waals surface area contributed by atoms with Crippen molar-refractivity contribution in [3.05, 3.63) is 12.7 Å². The summed E-state index contributed by atoms with van der Waals surface area (Å²) >= 11 is 0. The van der Waals surface area contributed by atoms with E-state index in [2.05, 4.69) is 16.1 Å². The van der Waals surface area contributed by atoms with E-state index in [4.69, 9.17) is 0 Å². The number of alkyl halides is 3. The van der Waals surface area contributed by atoms with E-state index in [0.29, 0.717) is 6.92 Å². The van der Waals surface area contributed by atoms with Crippen LogP contribution in [0.25, 0.3) is 0 Å². The van der Waals surface area contributed by atoms with Crippen LogP contribution < -0.4 is 0 Å². The molecule has 0 radical (unpaired) electrons. The molecule has 0 rings (SSSR count). The molecule has 0 aromatic rings. The van der Waals surface area contributed by atoms with E-state index in [-0.39, 0.29) is 0 Å². The van der Waals surface area contributed by atoms with Gasteiger partial charge >= 0.3 is 18.1 Å². The molecule has 0 saturated carbocycles. The van der Waals surface area contributed by atoms with Crippen molar-refractivity contribution in [2.75, 3.05) is 6.61 Å². The number of hydrogen-bond acceptors (Lipinski definition) is 4. The van der Waals surface area contributed by atoms with Crippen molar-refractivity contribution in [3.8, 4) is 0 Å². The van der Waals surface area contributed by atoms with Gasteiger partial charge in [-0.2, -0.15) is 13.2 Å². The molecule has 1 atom stereocenters. The van der Waals surface area contributed by atoms with Crippen LogP contribution >= 0.6 is 0 Å². The van der Waals surface area contributed by atoms with Crippen LogP contribution in [0.3, 0.4) is 0 Å². The zero-order valence-electron chi connectivity index (χ0n) is 7.84. The third-order valence-electron chi connectivity index (χ3n) is 1.27. The van der Waals surface area contributed by atoms with E-state index in [1.54, 1.807) is 0 Å². The molecule has 0 heterocycles. The Kier molecular flexibility index (Phi) is 4.83. The van der Waals surface area contributed by atoms with Gasteiger partial charge in [0.15, 0.2) is 12.7 Å². The lowest BCUT2D eigenvalue weighted by molar-refractivity contribution is -0.218. The Hall–Kier alpha value is -1.53. The molecule has 7 heteroatoms. The van der Waals surface area contributed by atoms with Gasteiger partial charge in [-0.3, -0.25) is 0 Å². The Bertz CT molecular complexity index is 259. The molecule has 1 unspecified atom stereocenters. The summed E-state index contributed by atoms with van der Waals surface area (Å²) in [6, 6.07) is 0. The molecule has 0 saturated heterocycles. The lowest BCUT2D eigenvalue weighted by atomic mass is 10.4. The molecule has 0 aliphatic heterocycles. The summed E-state index contributed by atoms with van der Waals surface area (Å²) in [5.74, 6) is -2.18. The zero-order chi connectivity index (χ0) is 12.1. The fraction of sp³-hybridized carbons (Fsp3) is 0.500. The first-order valence-corrected chi connectivity index (χ1v) is 3.82. The van der Waals surface area contributed by atoms with Gasteiger partial charge in [0.1, 0.15) is 0 Å². The van der Waals surface area contributed by atoms with Crippen LogP contribution in [-0.4, -0.2) is 30.8 Å². The van der Waals surface area contributed by atoms with Gasteiger partial charge in [-0.1, -0.05) is 6.58 Å². The summed E-state index contributed by atoms with van der Waals surface area (Å²) in [7, 11) is 0. The minimum Gasteiger partial charge on any atom is -0.451 e. The highest BCUT2D eigenvalue weighted by molar-refractivity contribution is 5.83. The Labute approximate surface area is 83.7 Å². The monoisotopic (exact) mass is 226 g/mol. The van der Waals surface area contributed by atoms with E-state index in [0.717, 1.165) is 6.08 Å². The van der Waals surface area contributed by atoms with Crippen LogP contribution in [0.5, 0.6) is 0 Å². The van der Waals surface area contributed by atoms with E-state index >= 15 is 0 Å². The smallest absolute Gasteiger partial charge is 0.425 e. The molecule has 0 aliphatic rings. The largest absolute Gasteiger partial charge is 0.451 e. The van der Waals surface area contributed by atoms with Crippen LogP contribution in [0, 0.1) is 0 Å². The number of ether oxygens (including phenoxy) is 2. The van der Waals surface area contributed by atoms with Crippen LogP contribution in [0.1, 0.15) is 6.92 Å². The average molecular weight is 226 g/mol. The highest BCUT2D eigenvalue weighted by atomic mass is 19.4. The Morgan fingerprint density at radius 3 is 2.40 bits per heavy atom. The molecule has 0 fully saturated rings. The van der Waals surface area contributed by atoms with Crippen LogP contribution in [0.4, 0.5) is 13.2 Å². The van der Waals surface area contributed by atoms with Gasteiger partial charge in [0.05, 0.1) is 0 Å². The second-order valence-electron chi connectivity index (χ2n) is 2.49. The molecule has 0 N–H and O–H groups in total. The van der Waals surface area contributed by atoms with E-state index in [1.165, 1.54) is 0 Å². The molecule has 0 aromatic carbocycles. The summed E-state index contributed by atoms with van der Waals surface area (Å²) in [6.07, 6.45) is -6.08. The predicted molar refractivity (Wildman–Crippen MR) is 42.8 cm³/mol. The fourth-order valence-electron chi connectivity index (χ4n) is 0.487. The molecule has 0 amide bonds. The molecule has 0 spiro atoms. The van der Waals surface area contributed by atoms with Crippen LogP contribution in [0.15, 0.2) is 12.7 Å². The number of hydrogen-bond donors (Lipinski definition) is 0.